The number of anilines is 1. The Morgan fingerprint density at radius 2 is 1.83 bits per heavy atom. The Labute approximate surface area is 124 Å². The fourth-order valence-electron chi connectivity index (χ4n) is 1.73. The summed E-state index contributed by atoms with van der Waals surface area (Å²) in [6.45, 7) is 1.28. The monoisotopic (exact) mass is 341 g/mol. The Bertz CT molecular complexity index is 750. The number of carbonyl (C=O) groups is 1. The van der Waals surface area contributed by atoms with Gasteiger partial charge in [-0.15, -0.1) is 0 Å². The van der Waals surface area contributed by atoms with Crippen LogP contribution in [0.3, 0.4) is 0 Å². The highest BCUT2D eigenvalue weighted by atomic mass is 19.4. The van der Waals surface area contributed by atoms with Crippen molar-refractivity contribution in [3.63, 3.8) is 0 Å². The zero-order valence-electron chi connectivity index (χ0n) is 11.3. The van der Waals surface area contributed by atoms with Gasteiger partial charge in [-0.25, -0.2) is 0 Å². The molecule has 0 aliphatic heterocycles. The highest BCUT2D eigenvalue weighted by Gasteiger charge is 2.40. The predicted octanol–water partition coefficient (Wildman–Crippen LogP) is 3.15. The number of primary amides is 1. The minimum atomic E-state index is -5.08. The number of oxazole rings is 1. The molecule has 2 rings (SSSR count). The number of hydrogen-bond acceptors (Lipinski definition) is 4. The van der Waals surface area contributed by atoms with Crippen LogP contribution in [-0.4, -0.2) is 16.9 Å². The van der Waals surface area contributed by atoms with E-state index < -0.39 is 52.5 Å². The van der Waals surface area contributed by atoms with E-state index in [0.717, 1.165) is 0 Å². The molecule has 0 spiro atoms. The summed E-state index contributed by atoms with van der Waals surface area (Å²) in [4.78, 5) is 14.4. The van der Waals surface area contributed by atoms with Crippen molar-refractivity contribution in [2.75, 3.05) is 5.32 Å². The smallest absolute Gasteiger partial charge is 0.420 e. The van der Waals surface area contributed by atoms with Crippen LogP contribution in [0.4, 0.5) is 32.4 Å². The molecule has 11 heteroatoms. The quantitative estimate of drug-likeness (QED) is 0.841. The molecule has 1 unspecified atom stereocenters. The van der Waals surface area contributed by atoms with Crippen LogP contribution in [-0.2, 0) is 17.1 Å². The standard InChI is InChI=1S/C12H9F6N3O2/c1-4(9(19)22)20-10-21-7-3-5(11(13,14)15)2-6(8(7)23-10)12(16,17)18/h2-4H,1H3,(H2,19,22)(H,20,21). The molecule has 5 nitrogen and oxygen atoms in total. The van der Waals surface area contributed by atoms with Gasteiger partial charge in [-0.05, 0) is 19.1 Å². The lowest BCUT2D eigenvalue weighted by atomic mass is 10.1. The van der Waals surface area contributed by atoms with Crippen molar-refractivity contribution >= 4 is 23.0 Å². The van der Waals surface area contributed by atoms with Crippen LogP contribution in [0.25, 0.3) is 11.1 Å². The molecule has 1 aromatic carbocycles. The third-order valence-electron chi connectivity index (χ3n) is 2.89. The molecule has 1 atom stereocenters. The Kier molecular flexibility index (Phi) is 3.91. The predicted molar refractivity (Wildman–Crippen MR) is 66.3 cm³/mol. The number of rotatable bonds is 3. The molecule has 1 amide bonds. The maximum Gasteiger partial charge on any atom is 0.420 e. The van der Waals surface area contributed by atoms with E-state index in [4.69, 9.17) is 10.2 Å². The number of nitrogens with two attached hydrogens (primary N) is 1. The number of amides is 1. The number of fused-ring (bicyclic) bond motifs is 1. The van der Waals surface area contributed by atoms with Crippen molar-refractivity contribution in [1.82, 2.24) is 4.98 Å². The minimum Gasteiger partial charge on any atom is -0.423 e. The van der Waals surface area contributed by atoms with Gasteiger partial charge >= 0.3 is 12.4 Å². The third kappa shape index (κ3) is 3.48. The summed E-state index contributed by atoms with van der Waals surface area (Å²) in [5.74, 6) is -0.848. The van der Waals surface area contributed by atoms with Gasteiger partial charge < -0.3 is 15.5 Å². The van der Waals surface area contributed by atoms with E-state index >= 15 is 0 Å². The Morgan fingerprint density at radius 3 is 2.30 bits per heavy atom. The number of nitrogens with one attached hydrogen (secondary N) is 1. The molecule has 1 aromatic heterocycles. The van der Waals surface area contributed by atoms with Gasteiger partial charge in [0.1, 0.15) is 17.1 Å². The highest BCUT2D eigenvalue weighted by molar-refractivity contribution is 5.83. The highest BCUT2D eigenvalue weighted by Crippen LogP contribution is 2.40. The van der Waals surface area contributed by atoms with Crippen molar-refractivity contribution in [2.24, 2.45) is 5.73 Å². The number of hydrogen-bond donors (Lipinski definition) is 2. The van der Waals surface area contributed by atoms with Gasteiger partial charge in [0.25, 0.3) is 6.01 Å². The van der Waals surface area contributed by atoms with Crippen LogP contribution in [0.5, 0.6) is 0 Å². The summed E-state index contributed by atoms with van der Waals surface area (Å²) in [6.07, 6.45) is -10.1. The largest absolute Gasteiger partial charge is 0.423 e. The van der Waals surface area contributed by atoms with Crippen molar-refractivity contribution in [2.45, 2.75) is 25.3 Å². The summed E-state index contributed by atoms with van der Waals surface area (Å²) in [7, 11) is 0. The average molecular weight is 341 g/mol. The van der Waals surface area contributed by atoms with Crippen LogP contribution < -0.4 is 11.1 Å². The van der Waals surface area contributed by atoms with Crippen LogP contribution in [0, 0.1) is 0 Å². The van der Waals surface area contributed by atoms with Crippen LogP contribution in [0.15, 0.2) is 16.5 Å². The maximum atomic E-state index is 12.9. The van der Waals surface area contributed by atoms with E-state index in [1.807, 2.05) is 0 Å². The van der Waals surface area contributed by atoms with Crippen LogP contribution in [0.2, 0.25) is 0 Å². The first kappa shape index (κ1) is 16.9. The summed E-state index contributed by atoms with van der Waals surface area (Å²) >= 11 is 0. The number of nitrogens with zero attached hydrogens (tertiary/aromatic N) is 1. The van der Waals surface area contributed by atoms with Crippen LogP contribution in [0.1, 0.15) is 18.1 Å². The first-order valence-electron chi connectivity index (χ1n) is 6.04. The Hall–Kier alpha value is -2.46. The second-order valence-electron chi connectivity index (χ2n) is 4.65. The van der Waals surface area contributed by atoms with E-state index in [-0.39, 0.29) is 6.07 Å². The maximum absolute atomic E-state index is 12.9. The second kappa shape index (κ2) is 5.32. The Morgan fingerprint density at radius 1 is 1.22 bits per heavy atom. The molecular formula is C12H9F6N3O2. The van der Waals surface area contributed by atoms with Crippen molar-refractivity contribution in [3.05, 3.63) is 23.3 Å². The van der Waals surface area contributed by atoms with Gasteiger partial charge in [0.05, 0.1) is 5.56 Å². The SMILES string of the molecule is CC(Nc1nc2cc(C(F)(F)F)cc(C(F)(F)F)c2o1)C(N)=O. The lowest BCUT2D eigenvalue weighted by Gasteiger charge is -2.11. The number of halogens is 6. The lowest BCUT2D eigenvalue weighted by molar-refractivity contribution is -0.142. The molecule has 2 aromatic rings. The van der Waals surface area contributed by atoms with Gasteiger partial charge in [-0.2, -0.15) is 31.3 Å². The molecule has 0 saturated carbocycles. The molecule has 23 heavy (non-hydrogen) atoms. The molecular weight excluding hydrogens is 332 g/mol. The fraction of sp³-hybridized carbons (Fsp3) is 0.333. The molecule has 3 N–H and O–H groups in total. The molecule has 0 aliphatic carbocycles. The first-order chi connectivity index (χ1) is 10.4. The molecule has 1 heterocycles. The van der Waals surface area contributed by atoms with Gasteiger partial charge in [-0.1, -0.05) is 0 Å². The zero-order chi connectivity index (χ0) is 17.6. The van der Waals surface area contributed by atoms with Gasteiger partial charge in [0, 0.05) is 0 Å². The summed E-state index contributed by atoms with van der Waals surface area (Å²) in [5.41, 5.74) is 0.311. The van der Waals surface area contributed by atoms with E-state index in [1.165, 1.54) is 6.92 Å². The van der Waals surface area contributed by atoms with Crippen LogP contribution >= 0.6 is 0 Å². The normalized spacial score (nSPS) is 14.0. The van der Waals surface area contributed by atoms with Gasteiger partial charge in [-0.3, -0.25) is 4.79 Å². The zero-order valence-corrected chi connectivity index (χ0v) is 11.3. The van der Waals surface area contributed by atoms with Crippen molar-refractivity contribution < 1.29 is 35.6 Å². The molecule has 0 radical (unpaired) electrons. The summed E-state index contributed by atoms with van der Waals surface area (Å²) < 4.78 is 81.7. The molecule has 0 bridgehead atoms. The van der Waals surface area contributed by atoms with Crippen molar-refractivity contribution in [1.29, 1.82) is 0 Å². The molecule has 0 aliphatic rings. The first-order valence-corrected chi connectivity index (χ1v) is 6.04. The van der Waals surface area contributed by atoms with Crippen molar-refractivity contribution in [3.8, 4) is 0 Å². The van der Waals surface area contributed by atoms with E-state index in [0.29, 0.717) is 6.07 Å². The van der Waals surface area contributed by atoms with E-state index in [1.54, 1.807) is 0 Å². The fourth-order valence-corrected chi connectivity index (χ4v) is 1.73. The number of aromatic nitrogens is 1. The lowest BCUT2D eigenvalue weighted by Crippen LogP contribution is -2.32. The average Bonchev–Trinajstić information content (AvgIpc) is 2.76. The van der Waals surface area contributed by atoms with Gasteiger partial charge in [0.15, 0.2) is 5.58 Å². The Balaban J connectivity index is 2.61. The summed E-state index contributed by atoms with van der Waals surface area (Å²) in [5, 5.41) is 2.27. The third-order valence-corrected chi connectivity index (χ3v) is 2.89. The second-order valence-corrected chi connectivity index (χ2v) is 4.65. The summed E-state index contributed by atoms with van der Waals surface area (Å²) in [6, 6.07) is -1.22. The van der Waals surface area contributed by atoms with E-state index in [2.05, 4.69) is 10.3 Å². The minimum absolute atomic E-state index is 0.0607. The number of carbonyl (C=O) groups excluding carboxylic acids is 1. The molecule has 0 fully saturated rings. The van der Waals surface area contributed by atoms with Gasteiger partial charge in [0.2, 0.25) is 5.91 Å². The molecule has 0 saturated heterocycles. The number of alkyl halides is 6. The molecule has 126 valence electrons. The topological polar surface area (TPSA) is 81.2 Å². The number of benzene rings is 1. The van der Waals surface area contributed by atoms with E-state index in [9.17, 15) is 31.1 Å².